The first-order valence-corrected chi connectivity index (χ1v) is 12.0. The minimum atomic E-state index is -3.87. The summed E-state index contributed by atoms with van der Waals surface area (Å²) in [6, 6.07) is 23.2. The third kappa shape index (κ3) is 4.37. The van der Waals surface area contributed by atoms with Crippen molar-refractivity contribution in [3.8, 4) is 0 Å². The Kier molecular flexibility index (Phi) is 6.40. The Balaban J connectivity index is 1.89. The molecule has 4 rings (SSSR count). The lowest BCUT2D eigenvalue weighted by Crippen LogP contribution is -2.48. The standard InChI is InChI=1S/C23H23Cl2N3O2S/c1-26(2)27-16-22(17-6-4-3-5-7-17)23(18-8-10-19(24)11-9-18)28(27)31(29,30)21-14-12-20(25)13-15-21/h3-15,22-23H,16H2,1-2H3/t22-,23?/m1/s1. The van der Waals surface area contributed by atoms with Crippen LogP contribution in [0.5, 0.6) is 0 Å². The SMILES string of the molecule is CN(C)N1C[C@H](c2ccccc2)C(c2ccc(Cl)cc2)N1S(=O)(=O)c1ccc(Cl)cc1. The molecule has 3 aromatic carbocycles. The quantitative estimate of drug-likeness (QED) is 0.507. The van der Waals surface area contributed by atoms with Gasteiger partial charge in [-0.1, -0.05) is 65.7 Å². The van der Waals surface area contributed by atoms with E-state index in [0.717, 1.165) is 11.1 Å². The zero-order valence-electron chi connectivity index (χ0n) is 17.2. The highest BCUT2D eigenvalue weighted by Crippen LogP contribution is 2.46. The number of rotatable bonds is 5. The van der Waals surface area contributed by atoms with Crippen LogP contribution in [0.3, 0.4) is 0 Å². The lowest BCUT2D eigenvalue weighted by molar-refractivity contribution is -0.0847. The molecule has 1 aliphatic rings. The van der Waals surface area contributed by atoms with Crippen molar-refractivity contribution >= 4 is 33.2 Å². The molecule has 5 nitrogen and oxygen atoms in total. The average molecular weight is 476 g/mol. The first kappa shape index (κ1) is 22.3. The fraction of sp³-hybridized carbons (Fsp3) is 0.217. The van der Waals surface area contributed by atoms with Gasteiger partial charge in [0.25, 0.3) is 10.0 Å². The molecule has 2 atom stereocenters. The molecular formula is C23H23Cl2N3O2S. The van der Waals surface area contributed by atoms with Gasteiger partial charge < -0.3 is 0 Å². The molecule has 0 radical (unpaired) electrons. The molecule has 0 amide bonds. The fourth-order valence-corrected chi connectivity index (χ4v) is 5.97. The summed E-state index contributed by atoms with van der Waals surface area (Å²) in [5, 5.41) is 4.68. The van der Waals surface area contributed by atoms with Crippen molar-refractivity contribution in [3.05, 3.63) is 100 Å². The number of nitrogens with zero attached hydrogens (tertiary/aromatic N) is 3. The second-order valence-electron chi connectivity index (χ2n) is 7.65. The van der Waals surface area contributed by atoms with Gasteiger partial charge in [-0.2, -0.15) is 5.12 Å². The van der Waals surface area contributed by atoms with Gasteiger partial charge in [0.2, 0.25) is 0 Å². The average Bonchev–Trinajstić information content (AvgIpc) is 3.17. The third-order valence-corrected chi connectivity index (χ3v) is 7.75. The molecule has 1 fully saturated rings. The van der Waals surface area contributed by atoms with Crippen molar-refractivity contribution in [1.29, 1.82) is 0 Å². The lowest BCUT2D eigenvalue weighted by Gasteiger charge is -2.35. The summed E-state index contributed by atoms with van der Waals surface area (Å²) < 4.78 is 29.2. The summed E-state index contributed by atoms with van der Waals surface area (Å²) in [7, 11) is -0.184. The second-order valence-corrected chi connectivity index (χ2v) is 10.3. The van der Waals surface area contributed by atoms with Crippen LogP contribution >= 0.6 is 23.2 Å². The Morgan fingerprint density at radius 3 is 1.90 bits per heavy atom. The molecule has 31 heavy (non-hydrogen) atoms. The minimum absolute atomic E-state index is 0.0770. The van der Waals surface area contributed by atoms with Crippen molar-refractivity contribution in [1.82, 2.24) is 14.5 Å². The van der Waals surface area contributed by atoms with Crippen molar-refractivity contribution in [2.24, 2.45) is 0 Å². The van der Waals surface area contributed by atoms with E-state index in [1.54, 1.807) is 46.5 Å². The Morgan fingerprint density at radius 2 is 1.35 bits per heavy atom. The summed E-state index contributed by atoms with van der Waals surface area (Å²) in [5.74, 6) is -0.0770. The predicted octanol–water partition coefficient (Wildman–Crippen LogP) is 5.22. The summed E-state index contributed by atoms with van der Waals surface area (Å²) in [5.41, 5.74) is 1.95. The van der Waals surface area contributed by atoms with E-state index in [2.05, 4.69) is 0 Å². The molecule has 0 aromatic heterocycles. The van der Waals surface area contributed by atoms with Crippen molar-refractivity contribution in [3.63, 3.8) is 0 Å². The molecule has 1 heterocycles. The van der Waals surface area contributed by atoms with Crippen LogP contribution in [0.15, 0.2) is 83.8 Å². The van der Waals surface area contributed by atoms with Crippen LogP contribution in [0.2, 0.25) is 10.0 Å². The van der Waals surface area contributed by atoms with Gasteiger partial charge >= 0.3 is 0 Å². The maximum absolute atomic E-state index is 13.9. The molecule has 1 aliphatic heterocycles. The van der Waals surface area contributed by atoms with Gasteiger partial charge in [-0.3, -0.25) is 0 Å². The highest BCUT2D eigenvalue weighted by Gasteiger charge is 2.49. The smallest absolute Gasteiger partial charge is 0.233 e. The highest BCUT2D eigenvalue weighted by molar-refractivity contribution is 7.89. The number of hydrazine groups is 2. The van der Waals surface area contributed by atoms with E-state index in [9.17, 15) is 8.42 Å². The highest BCUT2D eigenvalue weighted by atomic mass is 35.5. The van der Waals surface area contributed by atoms with Crippen molar-refractivity contribution in [2.75, 3.05) is 20.6 Å². The van der Waals surface area contributed by atoms with Crippen LogP contribution < -0.4 is 0 Å². The molecule has 1 unspecified atom stereocenters. The molecule has 1 saturated heterocycles. The van der Waals surface area contributed by atoms with Crippen LogP contribution in [-0.4, -0.2) is 43.6 Å². The summed E-state index contributed by atoms with van der Waals surface area (Å²) in [6.45, 7) is 0.511. The maximum atomic E-state index is 13.9. The molecule has 0 spiro atoms. The Hall–Kier alpha value is -1.93. The van der Waals surface area contributed by atoms with Crippen LogP contribution in [0.1, 0.15) is 23.1 Å². The van der Waals surface area contributed by atoms with E-state index in [-0.39, 0.29) is 10.8 Å². The molecule has 0 saturated carbocycles. The fourth-order valence-electron chi connectivity index (χ4n) is 3.99. The van der Waals surface area contributed by atoms with Crippen LogP contribution in [0.4, 0.5) is 0 Å². The van der Waals surface area contributed by atoms with Crippen LogP contribution in [0, 0.1) is 0 Å². The number of hydrogen-bond acceptors (Lipinski definition) is 4. The first-order valence-electron chi connectivity index (χ1n) is 9.84. The molecule has 0 bridgehead atoms. The van der Waals surface area contributed by atoms with Crippen LogP contribution in [-0.2, 0) is 10.0 Å². The number of halogens is 2. The van der Waals surface area contributed by atoms with E-state index in [1.165, 1.54) is 4.41 Å². The number of hydrogen-bond donors (Lipinski definition) is 0. The van der Waals surface area contributed by atoms with Gasteiger partial charge in [0.05, 0.1) is 10.9 Å². The molecule has 0 aliphatic carbocycles. The molecule has 162 valence electrons. The van der Waals surface area contributed by atoms with Gasteiger partial charge in [-0.15, -0.1) is 4.41 Å². The lowest BCUT2D eigenvalue weighted by atomic mass is 9.89. The Morgan fingerprint density at radius 1 is 0.806 bits per heavy atom. The topological polar surface area (TPSA) is 43.9 Å². The Bertz CT molecular complexity index is 1140. The van der Waals surface area contributed by atoms with E-state index >= 15 is 0 Å². The van der Waals surface area contributed by atoms with Crippen molar-refractivity contribution in [2.45, 2.75) is 16.9 Å². The largest absolute Gasteiger partial charge is 0.257 e. The monoisotopic (exact) mass is 475 g/mol. The van der Waals surface area contributed by atoms with E-state index in [1.807, 2.05) is 56.6 Å². The van der Waals surface area contributed by atoms with Gasteiger partial charge in [0.1, 0.15) is 0 Å². The van der Waals surface area contributed by atoms with E-state index in [0.29, 0.717) is 16.6 Å². The minimum Gasteiger partial charge on any atom is -0.233 e. The van der Waals surface area contributed by atoms with E-state index in [4.69, 9.17) is 23.2 Å². The normalized spacial score (nSPS) is 20.4. The second kappa shape index (κ2) is 8.90. The van der Waals surface area contributed by atoms with Crippen molar-refractivity contribution < 1.29 is 8.42 Å². The number of sulfonamides is 1. The summed E-state index contributed by atoms with van der Waals surface area (Å²) in [6.07, 6.45) is 0. The maximum Gasteiger partial charge on any atom is 0.257 e. The zero-order chi connectivity index (χ0) is 22.2. The van der Waals surface area contributed by atoms with Gasteiger partial charge in [-0.25, -0.2) is 13.4 Å². The predicted molar refractivity (Wildman–Crippen MR) is 124 cm³/mol. The third-order valence-electron chi connectivity index (χ3n) is 5.47. The van der Waals surface area contributed by atoms with Gasteiger partial charge in [0.15, 0.2) is 0 Å². The van der Waals surface area contributed by atoms with Gasteiger partial charge in [-0.05, 0) is 47.5 Å². The van der Waals surface area contributed by atoms with E-state index < -0.39 is 16.1 Å². The molecular weight excluding hydrogens is 453 g/mol. The van der Waals surface area contributed by atoms with Crippen LogP contribution in [0.25, 0.3) is 0 Å². The Labute approximate surface area is 193 Å². The molecule has 8 heteroatoms. The number of benzene rings is 3. The van der Waals surface area contributed by atoms with Gasteiger partial charge in [0, 0.05) is 36.6 Å². The molecule has 3 aromatic rings. The molecule has 0 N–H and O–H groups in total. The first-order chi connectivity index (χ1) is 14.8. The zero-order valence-corrected chi connectivity index (χ0v) is 19.5. The summed E-state index contributed by atoms with van der Waals surface area (Å²) in [4.78, 5) is 0.191. The summed E-state index contributed by atoms with van der Waals surface area (Å²) >= 11 is 12.1.